The number of amides is 3. The fourth-order valence-electron chi connectivity index (χ4n) is 3.71. The second-order valence-electron chi connectivity index (χ2n) is 6.93. The molecule has 1 N–H and O–H groups in total. The predicted octanol–water partition coefficient (Wildman–Crippen LogP) is 1.51. The van der Waals surface area contributed by atoms with Crippen LogP contribution in [-0.2, 0) is 20.8 Å². The zero-order valence-corrected chi connectivity index (χ0v) is 15.1. The Morgan fingerprint density at radius 1 is 1.27 bits per heavy atom. The lowest BCUT2D eigenvalue weighted by molar-refractivity contribution is -0.134. The van der Waals surface area contributed by atoms with Gasteiger partial charge in [0.25, 0.3) is 0 Å². The minimum absolute atomic E-state index is 0.0990. The van der Waals surface area contributed by atoms with Crippen molar-refractivity contribution in [1.29, 1.82) is 0 Å². The van der Waals surface area contributed by atoms with Crippen LogP contribution in [0.3, 0.4) is 0 Å². The predicted molar refractivity (Wildman–Crippen MR) is 99.6 cm³/mol. The number of anilines is 1. The van der Waals surface area contributed by atoms with Gasteiger partial charge in [-0.1, -0.05) is 24.8 Å². The van der Waals surface area contributed by atoms with Crippen LogP contribution in [0.15, 0.2) is 36.9 Å². The topological polar surface area (TPSA) is 69.7 Å². The first-order valence-electron chi connectivity index (χ1n) is 9.12. The third-order valence-electron chi connectivity index (χ3n) is 5.16. The van der Waals surface area contributed by atoms with Crippen molar-refractivity contribution < 1.29 is 14.4 Å². The van der Waals surface area contributed by atoms with Gasteiger partial charge in [-0.05, 0) is 43.9 Å². The van der Waals surface area contributed by atoms with Crippen molar-refractivity contribution in [2.75, 3.05) is 24.5 Å². The molecule has 26 heavy (non-hydrogen) atoms. The summed E-state index contributed by atoms with van der Waals surface area (Å²) in [6.45, 7) is 6.88. The summed E-state index contributed by atoms with van der Waals surface area (Å²) in [5.74, 6) is -0.702. The van der Waals surface area contributed by atoms with Gasteiger partial charge in [-0.2, -0.15) is 0 Å². The molecule has 2 atom stereocenters. The Morgan fingerprint density at radius 3 is 2.81 bits per heavy atom. The summed E-state index contributed by atoms with van der Waals surface area (Å²) in [6, 6.07) is 7.26. The van der Waals surface area contributed by atoms with Gasteiger partial charge in [-0.15, -0.1) is 0 Å². The Morgan fingerprint density at radius 2 is 2.04 bits per heavy atom. The Bertz CT molecular complexity index is 731. The minimum atomic E-state index is -0.598. The van der Waals surface area contributed by atoms with Gasteiger partial charge in [-0.25, -0.2) is 0 Å². The van der Waals surface area contributed by atoms with Crippen molar-refractivity contribution >= 4 is 23.4 Å². The summed E-state index contributed by atoms with van der Waals surface area (Å²) < 4.78 is 0. The van der Waals surface area contributed by atoms with E-state index in [2.05, 4.69) is 11.9 Å². The molecule has 2 heterocycles. The van der Waals surface area contributed by atoms with Crippen molar-refractivity contribution in [3.8, 4) is 0 Å². The molecular formula is C20H25N3O3. The number of carbonyl (C=O) groups is 3. The standard InChI is InChI=1S/C20H25N3O3/c1-3-18(24)22-11-6-8-16(13-22)19(25)21-14(2)20(26)23-12-10-15-7-4-5-9-17(15)23/h3-5,7,9,14,16H,1,6,8,10-13H2,2H3,(H,21,25). The van der Waals surface area contributed by atoms with E-state index in [0.29, 0.717) is 19.6 Å². The lowest BCUT2D eigenvalue weighted by atomic mass is 9.96. The quantitative estimate of drug-likeness (QED) is 0.833. The molecule has 0 aromatic heterocycles. The molecule has 3 rings (SSSR count). The molecule has 0 aliphatic carbocycles. The van der Waals surface area contributed by atoms with E-state index in [1.165, 1.54) is 6.08 Å². The van der Waals surface area contributed by atoms with E-state index in [-0.39, 0.29) is 23.6 Å². The first kappa shape index (κ1) is 18.2. The van der Waals surface area contributed by atoms with E-state index in [4.69, 9.17) is 0 Å². The second kappa shape index (κ2) is 7.72. The van der Waals surface area contributed by atoms with Crippen LogP contribution in [0.4, 0.5) is 5.69 Å². The van der Waals surface area contributed by atoms with Crippen LogP contribution in [-0.4, -0.2) is 48.3 Å². The molecule has 1 saturated heterocycles. The molecule has 6 nitrogen and oxygen atoms in total. The normalized spacial score (nSPS) is 20.3. The van der Waals surface area contributed by atoms with Crippen LogP contribution in [0.5, 0.6) is 0 Å². The molecule has 1 fully saturated rings. The molecule has 3 amide bonds. The van der Waals surface area contributed by atoms with Crippen molar-refractivity contribution in [2.45, 2.75) is 32.2 Å². The summed E-state index contributed by atoms with van der Waals surface area (Å²) in [7, 11) is 0. The van der Waals surface area contributed by atoms with Crippen LogP contribution in [0.25, 0.3) is 0 Å². The summed E-state index contributed by atoms with van der Waals surface area (Å²) >= 11 is 0. The molecule has 0 spiro atoms. The Hall–Kier alpha value is -2.63. The number of hydrogen-bond donors (Lipinski definition) is 1. The minimum Gasteiger partial charge on any atom is -0.344 e. The van der Waals surface area contributed by atoms with Crippen molar-refractivity contribution in [1.82, 2.24) is 10.2 Å². The van der Waals surface area contributed by atoms with Gasteiger partial charge in [0.05, 0.1) is 5.92 Å². The number of hydrogen-bond acceptors (Lipinski definition) is 3. The SMILES string of the molecule is C=CC(=O)N1CCCC(C(=O)NC(C)C(=O)N2CCc3ccccc32)C1. The monoisotopic (exact) mass is 355 g/mol. The maximum Gasteiger partial charge on any atom is 0.249 e. The molecule has 138 valence electrons. The molecule has 0 bridgehead atoms. The zero-order chi connectivity index (χ0) is 18.7. The third kappa shape index (κ3) is 3.64. The van der Waals surface area contributed by atoms with Crippen molar-refractivity contribution in [3.05, 3.63) is 42.5 Å². The highest BCUT2D eigenvalue weighted by Gasteiger charge is 2.32. The van der Waals surface area contributed by atoms with Crippen molar-refractivity contribution in [2.24, 2.45) is 5.92 Å². The third-order valence-corrected chi connectivity index (χ3v) is 5.16. The Kier molecular flexibility index (Phi) is 5.40. The molecule has 0 saturated carbocycles. The molecule has 2 unspecified atom stereocenters. The van der Waals surface area contributed by atoms with Gasteiger partial charge >= 0.3 is 0 Å². The molecule has 0 radical (unpaired) electrons. The second-order valence-corrected chi connectivity index (χ2v) is 6.93. The van der Waals surface area contributed by atoms with E-state index in [1.54, 1.807) is 16.7 Å². The van der Waals surface area contributed by atoms with Gasteiger partial charge in [0.2, 0.25) is 17.7 Å². The highest BCUT2D eigenvalue weighted by molar-refractivity contribution is 6.00. The van der Waals surface area contributed by atoms with Crippen LogP contribution in [0.1, 0.15) is 25.3 Å². The highest BCUT2D eigenvalue weighted by atomic mass is 16.2. The summed E-state index contributed by atoms with van der Waals surface area (Å²) in [6.07, 6.45) is 3.61. The average Bonchev–Trinajstić information content (AvgIpc) is 3.10. The molecular weight excluding hydrogens is 330 g/mol. The molecule has 1 aromatic carbocycles. The highest BCUT2D eigenvalue weighted by Crippen LogP contribution is 2.28. The zero-order valence-electron chi connectivity index (χ0n) is 15.1. The lowest BCUT2D eigenvalue weighted by Gasteiger charge is -2.32. The maximum atomic E-state index is 12.8. The Balaban J connectivity index is 1.60. The first-order chi connectivity index (χ1) is 12.5. The van der Waals surface area contributed by atoms with E-state index in [0.717, 1.165) is 30.5 Å². The number of likely N-dealkylation sites (tertiary alicyclic amines) is 1. The van der Waals surface area contributed by atoms with Crippen LogP contribution in [0, 0.1) is 5.92 Å². The molecule has 2 aliphatic heterocycles. The molecule has 1 aromatic rings. The largest absolute Gasteiger partial charge is 0.344 e. The average molecular weight is 355 g/mol. The number of para-hydroxylation sites is 1. The van der Waals surface area contributed by atoms with Gasteiger partial charge in [-0.3, -0.25) is 14.4 Å². The van der Waals surface area contributed by atoms with E-state index in [9.17, 15) is 14.4 Å². The number of nitrogens with one attached hydrogen (secondary N) is 1. The fraction of sp³-hybridized carbons (Fsp3) is 0.450. The van der Waals surface area contributed by atoms with Crippen LogP contribution >= 0.6 is 0 Å². The first-order valence-corrected chi connectivity index (χ1v) is 9.12. The number of fused-ring (bicyclic) bond motifs is 1. The van der Waals surface area contributed by atoms with Crippen LogP contribution in [0.2, 0.25) is 0 Å². The number of nitrogens with zero attached hydrogens (tertiary/aromatic N) is 2. The number of benzene rings is 1. The fourth-order valence-corrected chi connectivity index (χ4v) is 3.71. The van der Waals surface area contributed by atoms with E-state index in [1.807, 2.05) is 24.3 Å². The van der Waals surface area contributed by atoms with Gasteiger partial charge < -0.3 is 15.1 Å². The maximum absolute atomic E-state index is 12.8. The van der Waals surface area contributed by atoms with Gasteiger partial charge in [0.1, 0.15) is 6.04 Å². The summed E-state index contributed by atoms with van der Waals surface area (Å²) in [5.41, 5.74) is 2.09. The lowest BCUT2D eigenvalue weighted by Crippen LogP contribution is -2.51. The molecule has 6 heteroatoms. The van der Waals surface area contributed by atoms with Crippen LogP contribution < -0.4 is 10.2 Å². The molecule has 2 aliphatic rings. The smallest absolute Gasteiger partial charge is 0.249 e. The number of rotatable bonds is 4. The van der Waals surface area contributed by atoms with E-state index < -0.39 is 6.04 Å². The number of piperidine rings is 1. The summed E-state index contributed by atoms with van der Waals surface area (Å²) in [4.78, 5) is 40.5. The summed E-state index contributed by atoms with van der Waals surface area (Å²) in [5, 5.41) is 2.84. The van der Waals surface area contributed by atoms with Crippen molar-refractivity contribution in [3.63, 3.8) is 0 Å². The van der Waals surface area contributed by atoms with Gasteiger partial charge in [0, 0.05) is 25.3 Å². The van der Waals surface area contributed by atoms with Gasteiger partial charge in [0.15, 0.2) is 0 Å². The number of carbonyl (C=O) groups excluding carboxylic acids is 3. The Labute approximate surface area is 153 Å². The van der Waals surface area contributed by atoms with E-state index >= 15 is 0 Å².